The van der Waals surface area contributed by atoms with Crippen LogP contribution >= 0.6 is 0 Å². The van der Waals surface area contributed by atoms with Crippen LogP contribution < -0.4 is 9.47 Å². The molecule has 0 unspecified atom stereocenters. The molecule has 1 aliphatic rings. The smallest absolute Gasteiger partial charge is 0.395 e. The van der Waals surface area contributed by atoms with Crippen LogP contribution in [0.25, 0.3) is 0 Å². The molecule has 0 saturated carbocycles. The summed E-state index contributed by atoms with van der Waals surface area (Å²) in [6.07, 6.45) is -3.00. The van der Waals surface area contributed by atoms with Gasteiger partial charge < -0.3 is 9.47 Å². The van der Waals surface area contributed by atoms with Crippen LogP contribution in [0.2, 0.25) is 0 Å². The van der Waals surface area contributed by atoms with E-state index in [4.69, 9.17) is 0 Å². The quantitative estimate of drug-likeness (QED) is 0.668. The Bertz CT molecular complexity index is 336. The average molecular weight is 185 g/mol. The summed E-state index contributed by atoms with van der Waals surface area (Å²) in [5, 5.41) is 0. The van der Waals surface area contributed by atoms with E-state index in [-0.39, 0.29) is 11.5 Å². The van der Waals surface area contributed by atoms with Crippen LogP contribution in [-0.4, -0.2) is 6.29 Å². The molecule has 0 N–H and O–H groups in total. The van der Waals surface area contributed by atoms with Crippen LogP contribution in [0.4, 0.5) is 8.78 Å². The maximum absolute atomic E-state index is 12.5. The van der Waals surface area contributed by atoms with Gasteiger partial charge in [-0.1, -0.05) is 6.07 Å². The highest BCUT2D eigenvalue weighted by Gasteiger charge is 2.43. The molecule has 0 fully saturated rings. The molecule has 0 saturated heterocycles. The number of rotatable bonds is 1. The SMILES string of the molecule is [CH2]Cc1ccc2c(c1)OC(F)(F)O2. The summed E-state index contributed by atoms with van der Waals surface area (Å²) in [6, 6.07) is 4.64. The molecular weight excluding hydrogens is 178 g/mol. The maximum atomic E-state index is 12.5. The Balaban J connectivity index is 2.36. The molecule has 0 amide bonds. The lowest BCUT2D eigenvalue weighted by atomic mass is 10.1. The molecule has 1 radical (unpaired) electrons. The topological polar surface area (TPSA) is 18.5 Å². The van der Waals surface area contributed by atoms with Crippen molar-refractivity contribution < 1.29 is 18.3 Å². The van der Waals surface area contributed by atoms with Crippen LogP contribution in [-0.2, 0) is 6.42 Å². The van der Waals surface area contributed by atoms with Crippen molar-refractivity contribution in [3.63, 3.8) is 0 Å². The summed E-state index contributed by atoms with van der Waals surface area (Å²) in [6.45, 7) is 3.63. The Hall–Kier alpha value is -1.32. The van der Waals surface area contributed by atoms with Gasteiger partial charge in [0.2, 0.25) is 0 Å². The first-order valence-electron chi connectivity index (χ1n) is 3.79. The third-order valence-electron chi connectivity index (χ3n) is 1.75. The minimum atomic E-state index is -3.53. The molecule has 1 aliphatic heterocycles. The van der Waals surface area contributed by atoms with Gasteiger partial charge in [-0.2, -0.15) is 0 Å². The fraction of sp³-hybridized carbons (Fsp3) is 0.222. The first-order valence-corrected chi connectivity index (χ1v) is 3.79. The van der Waals surface area contributed by atoms with Crippen molar-refractivity contribution in [3.8, 4) is 11.5 Å². The summed E-state index contributed by atoms with van der Waals surface area (Å²) in [4.78, 5) is 0. The van der Waals surface area contributed by atoms with Crippen LogP contribution in [0.15, 0.2) is 18.2 Å². The molecule has 0 aromatic heterocycles. The number of alkyl halides is 2. The monoisotopic (exact) mass is 185 g/mol. The molecule has 13 heavy (non-hydrogen) atoms. The van der Waals surface area contributed by atoms with Crippen LogP contribution in [0.1, 0.15) is 5.56 Å². The second-order valence-electron chi connectivity index (χ2n) is 2.70. The van der Waals surface area contributed by atoms with E-state index in [1.54, 1.807) is 6.07 Å². The molecule has 2 nitrogen and oxygen atoms in total. The van der Waals surface area contributed by atoms with Crippen molar-refractivity contribution in [2.24, 2.45) is 0 Å². The van der Waals surface area contributed by atoms with Gasteiger partial charge in [0.15, 0.2) is 11.5 Å². The number of fused-ring (bicyclic) bond motifs is 1. The second-order valence-corrected chi connectivity index (χ2v) is 2.70. The van der Waals surface area contributed by atoms with E-state index in [9.17, 15) is 8.78 Å². The van der Waals surface area contributed by atoms with Gasteiger partial charge in [-0.15, -0.1) is 8.78 Å². The predicted octanol–water partition coefficient (Wildman–Crippen LogP) is 2.38. The molecule has 0 aliphatic carbocycles. The molecule has 69 valence electrons. The van der Waals surface area contributed by atoms with Crippen molar-refractivity contribution in [2.45, 2.75) is 12.7 Å². The van der Waals surface area contributed by atoms with Crippen LogP contribution in [0, 0.1) is 6.92 Å². The predicted molar refractivity (Wildman–Crippen MR) is 41.7 cm³/mol. The van der Waals surface area contributed by atoms with Crippen LogP contribution in [0.5, 0.6) is 11.5 Å². The Morgan fingerprint density at radius 3 is 2.62 bits per heavy atom. The average Bonchev–Trinajstić information content (AvgIpc) is 2.36. The second kappa shape index (κ2) is 2.58. The third kappa shape index (κ3) is 1.43. The molecule has 1 aromatic carbocycles. The standard InChI is InChI=1S/C9H7F2O2/c1-2-6-3-4-7-8(5-6)13-9(10,11)12-7/h3-5H,1-2H2. The van der Waals surface area contributed by atoms with Gasteiger partial charge in [0.1, 0.15) is 0 Å². The van der Waals surface area contributed by atoms with Gasteiger partial charge in [-0.25, -0.2) is 0 Å². The number of ether oxygens (including phenoxy) is 2. The van der Waals surface area contributed by atoms with Gasteiger partial charge in [-0.3, -0.25) is 0 Å². The van der Waals surface area contributed by atoms with Crippen molar-refractivity contribution >= 4 is 0 Å². The lowest BCUT2D eigenvalue weighted by molar-refractivity contribution is -0.286. The van der Waals surface area contributed by atoms with Gasteiger partial charge in [0.05, 0.1) is 0 Å². The molecule has 0 atom stereocenters. The highest BCUT2D eigenvalue weighted by molar-refractivity contribution is 5.45. The fourth-order valence-corrected chi connectivity index (χ4v) is 1.15. The maximum Gasteiger partial charge on any atom is 0.586 e. The summed E-state index contributed by atoms with van der Waals surface area (Å²) in [5.41, 5.74) is 0.833. The third-order valence-corrected chi connectivity index (χ3v) is 1.75. The lowest BCUT2D eigenvalue weighted by Crippen LogP contribution is -2.25. The fourth-order valence-electron chi connectivity index (χ4n) is 1.15. The van der Waals surface area contributed by atoms with E-state index >= 15 is 0 Å². The Morgan fingerprint density at radius 1 is 1.23 bits per heavy atom. The Morgan fingerprint density at radius 2 is 1.92 bits per heavy atom. The Labute approximate surface area is 74.1 Å². The van der Waals surface area contributed by atoms with E-state index in [0.29, 0.717) is 6.42 Å². The summed E-state index contributed by atoms with van der Waals surface area (Å²) in [7, 11) is 0. The molecule has 0 spiro atoms. The highest BCUT2D eigenvalue weighted by Crippen LogP contribution is 2.41. The minimum Gasteiger partial charge on any atom is -0.395 e. The zero-order chi connectivity index (χ0) is 9.47. The number of hydrogen-bond acceptors (Lipinski definition) is 2. The van der Waals surface area contributed by atoms with Crippen molar-refractivity contribution in [2.75, 3.05) is 0 Å². The molecule has 0 bridgehead atoms. The van der Waals surface area contributed by atoms with Gasteiger partial charge in [0, 0.05) is 0 Å². The molecule has 1 heterocycles. The molecule has 2 rings (SSSR count). The summed E-state index contributed by atoms with van der Waals surface area (Å²) >= 11 is 0. The molecular formula is C9H7F2O2. The first kappa shape index (κ1) is 8.29. The molecule has 1 aromatic rings. The number of hydrogen-bond donors (Lipinski definition) is 0. The zero-order valence-electron chi connectivity index (χ0n) is 6.72. The summed E-state index contributed by atoms with van der Waals surface area (Å²) in [5.74, 6) is 0.147. The largest absolute Gasteiger partial charge is 0.586 e. The van der Waals surface area contributed by atoms with Crippen molar-refractivity contribution in [1.82, 2.24) is 0 Å². The summed E-state index contributed by atoms with van der Waals surface area (Å²) < 4.78 is 33.5. The van der Waals surface area contributed by atoms with Gasteiger partial charge in [0.25, 0.3) is 0 Å². The lowest BCUT2D eigenvalue weighted by Gasteiger charge is -2.04. The number of halogens is 2. The first-order chi connectivity index (χ1) is 6.11. The van der Waals surface area contributed by atoms with E-state index in [0.717, 1.165) is 5.56 Å². The van der Waals surface area contributed by atoms with E-state index in [2.05, 4.69) is 16.4 Å². The van der Waals surface area contributed by atoms with Gasteiger partial charge >= 0.3 is 6.29 Å². The normalized spacial score (nSPS) is 17.5. The van der Waals surface area contributed by atoms with Gasteiger partial charge in [-0.05, 0) is 31.0 Å². The van der Waals surface area contributed by atoms with E-state index in [1.165, 1.54) is 12.1 Å². The van der Waals surface area contributed by atoms with E-state index < -0.39 is 6.29 Å². The number of benzene rings is 1. The van der Waals surface area contributed by atoms with Crippen molar-refractivity contribution in [1.29, 1.82) is 0 Å². The molecule has 4 heteroatoms. The zero-order valence-corrected chi connectivity index (χ0v) is 6.72. The highest BCUT2D eigenvalue weighted by atomic mass is 19.3. The van der Waals surface area contributed by atoms with E-state index in [1.807, 2.05) is 0 Å². The minimum absolute atomic E-state index is 0.0715. The van der Waals surface area contributed by atoms with Crippen LogP contribution in [0.3, 0.4) is 0 Å². The Kier molecular flexibility index (Phi) is 1.65. The van der Waals surface area contributed by atoms with Crippen molar-refractivity contribution in [3.05, 3.63) is 30.7 Å².